The molecule has 5 aliphatic rings. The number of phenols is 1. The van der Waals surface area contributed by atoms with Crippen LogP contribution in [0.25, 0.3) is 43.8 Å². The number of nitrogens with zero attached hydrogens (tertiary/aromatic N) is 8. The van der Waals surface area contributed by atoms with Crippen molar-refractivity contribution in [1.82, 2.24) is 50.5 Å². The number of aromatic nitrogens is 5. The van der Waals surface area contributed by atoms with E-state index in [9.17, 15) is 19.5 Å². The molecule has 6 aromatic rings. The van der Waals surface area contributed by atoms with Crippen LogP contribution in [0.5, 0.6) is 11.8 Å². The summed E-state index contributed by atoms with van der Waals surface area (Å²) in [6.07, 6.45) is 12.3. The van der Waals surface area contributed by atoms with Crippen molar-refractivity contribution in [2.75, 3.05) is 51.3 Å². The Morgan fingerprint density at radius 2 is 1.78 bits per heavy atom. The number of fused-ring (bicyclic) bond motifs is 5. The van der Waals surface area contributed by atoms with Crippen LogP contribution in [0.4, 0.5) is 19.4 Å². The van der Waals surface area contributed by atoms with Gasteiger partial charge in [0.15, 0.2) is 5.82 Å². The minimum Gasteiger partial charge on any atom is -0.508 e. The molecule has 5 fully saturated rings. The van der Waals surface area contributed by atoms with E-state index in [2.05, 4.69) is 53.8 Å². The first-order valence-corrected chi connectivity index (χ1v) is 23.4. The highest BCUT2D eigenvalue weighted by Crippen LogP contribution is 2.40. The molecule has 3 aromatic carbocycles. The van der Waals surface area contributed by atoms with Gasteiger partial charge in [-0.3, -0.25) is 29.5 Å². The van der Waals surface area contributed by atoms with Crippen LogP contribution < -0.4 is 25.6 Å². The van der Waals surface area contributed by atoms with E-state index in [1.165, 1.54) is 36.0 Å². The summed E-state index contributed by atoms with van der Waals surface area (Å²) in [4.78, 5) is 58.2. The van der Waals surface area contributed by atoms with Gasteiger partial charge in [-0.1, -0.05) is 24.1 Å². The lowest BCUT2D eigenvalue weighted by Gasteiger charge is -2.34. The van der Waals surface area contributed by atoms with Crippen LogP contribution in [0.15, 0.2) is 48.7 Å². The molecule has 8 heterocycles. The normalized spacial score (nSPS) is 23.4. The van der Waals surface area contributed by atoms with Crippen LogP contribution in [0, 0.1) is 24.0 Å². The lowest BCUT2D eigenvalue weighted by Crippen LogP contribution is -2.51. The second kappa shape index (κ2) is 17.3. The Balaban J connectivity index is 0.773. The molecule has 0 radical (unpaired) electrons. The summed E-state index contributed by atoms with van der Waals surface area (Å²) in [6.45, 7) is 3.32. The first kappa shape index (κ1) is 43.6. The van der Waals surface area contributed by atoms with Gasteiger partial charge in [0.1, 0.15) is 35.2 Å². The number of anilines is 1. The standard InChI is InChI=1S/C50H51F2N11O5/c1-4-34-39(51)11-6-28-17-33(64)20-37(42(28)34)45-43(52)46-38(21-53-45)47(63-23-29-7-8-30(24-63)54-29)58-49(57-46)68-25-32-19-31(22-60(32)2)55-50(67)62-15-13-26(14-16-62)27-5-9-35-40(18-27)61(3)59-44(35)36-10-12-41(65)56-48(36)66/h1,5-6,9,11,17-18,20-21,26,29-32,36,54,64H,7-8,10,12-16,19,22-25H2,2-3H3,(H,55,67)(H,56,65,66)/t29?,30?,31-,32+,36?/m1/s1. The number of carbonyl (C=O) groups is 3. The number of phenolic OH excluding ortho intramolecular Hbond substituents is 1. The number of piperidine rings is 2. The topological polar surface area (TPSA) is 183 Å². The van der Waals surface area contributed by atoms with E-state index in [-0.39, 0.29) is 94.0 Å². The average molecular weight is 924 g/mol. The molecule has 350 valence electrons. The number of likely N-dealkylation sites (tertiary alicyclic amines) is 2. The largest absolute Gasteiger partial charge is 0.508 e. The molecule has 3 unspecified atom stereocenters. The summed E-state index contributed by atoms with van der Waals surface area (Å²) < 4.78 is 40.3. The number of imide groups is 1. The third-order valence-corrected chi connectivity index (χ3v) is 14.8. The molecule has 11 rings (SSSR count). The number of piperazine rings is 1. The first-order chi connectivity index (χ1) is 32.9. The molecule has 0 aliphatic carbocycles. The van der Waals surface area contributed by atoms with Gasteiger partial charge in [-0.2, -0.15) is 15.1 Å². The molecule has 0 spiro atoms. The van der Waals surface area contributed by atoms with E-state index in [1.54, 1.807) is 4.68 Å². The zero-order valence-electron chi connectivity index (χ0n) is 37.8. The highest BCUT2D eigenvalue weighted by molar-refractivity contribution is 6.04. The molecule has 4 amide bonds. The molecular weight excluding hydrogens is 873 g/mol. The molecule has 18 heteroatoms. The number of urea groups is 1. The third kappa shape index (κ3) is 7.86. The summed E-state index contributed by atoms with van der Waals surface area (Å²) in [5.41, 5.74) is 2.67. The summed E-state index contributed by atoms with van der Waals surface area (Å²) in [7, 11) is 3.85. The van der Waals surface area contributed by atoms with Crippen molar-refractivity contribution < 1.29 is 33.0 Å². The Hall–Kier alpha value is -6.97. The van der Waals surface area contributed by atoms with Gasteiger partial charge in [0.2, 0.25) is 11.8 Å². The summed E-state index contributed by atoms with van der Waals surface area (Å²) in [5.74, 6) is 0.531. The number of rotatable bonds is 8. The number of ether oxygens (including phenoxy) is 1. The van der Waals surface area contributed by atoms with Gasteiger partial charge in [-0.05, 0) is 86.7 Å². The third-order valence-electron chi connectivity index (χ3n) is 14.8. The van der Waals surface area contributed by atoms with Crippen molar-refractivity contribution in [3.05, 3.63) is 77.1 Å². The minimum absolute atomic E-state index is 0.00777. The number of hydrogen-bond acceptors (Lipinski definition) is 12. The van der Waals surface area contributed by atoms with Gasteiger partial charge in [0, 0.05) is 92.9 Å². The van der Waals surface area contributed by atoms with Crippen molar-refractivity contribution in [3.8, 4) is 35.4 Å². The molecule has 2 bridgehead atoms. The van der Waals surface area contributed by atoms with E-state index in [1.807, 2.05) is 25.1 Å². The molecule has 68 heavy (non-hydrogen) atoms. The Morgan fingerprint density at radius 1 is 0.985 bits per heavy atom. The quantitative estimate of drug-likeness (QED) is 0.116. The highest BCUT2D eigenvalue weighted by Gasteiger charge is 2.37. The van der Waals surface area contributed by atoms with Crippen molar-refractivity contribution in [1.29, 1.82) is 0 Å². The zero-order valence-corrected chi connectivity index (χ0v) is 37.8. The highest BCUT2D eigenvalue weighted by atomic mass is 19.1. The Morgan fingerprint density at radius 3 is 2.54 bits per heavy atom. The number of amides is 4. The fourth-order valence-corrected chi connectivity index (χ4v) is 11.2. The van der Waals surface area contributed by atoms with E-state index >= 15 is 8.78 Å². The number of carbonyl (C=O) groups excluding carboxylic acids is 3. The summed E-state index contributed by atoms with van der Waals surface area (Å²) in [5, 5.41) is 26.7. The number of aryl methyl sites for hydroxylation is 1. The first-order valence-electron chi connectivity index (χ1n) is 23.4. The second-order valence-corrected chi connectivity index (χ2v) is 19.1. The molecule has 0 saturated carbocycles. The predicted octanol–water partition coefficient (Wildman–Crippen LogP) is 5.20. The number of terminal acetylenes is 1. The van der Waals surface area contributed by atoms with Crippen molar-refractivity contribution in [2.24, 2.45) is 7.05 Å². The number of likely N-dealkylation sites (N-methyl/N-ethyl adjacent to an activating group) is 1. The Labute approximate surface area is 390 Å². The molecule has 5 aliphatic heterocycles. The molecular formula is C50H51F2N11O5. The maximum Gasteiger partial charge on any atom is 0.319 e. The van der Waals surface area contributed by atoms with Crippen LogP contribution in [0.1, 0.15) is 73.6 Å². The van der Waals surface area contributed by atoms with Gasteiger partial charge in [0.25, 0.3) is 0 Å². The lowest BCUT2D eigenvalue weighted by molar-refractivity contribution is -0.134. The number of aromatic hydroxyl groups is 1. The van der Waals surface area contributed by atoms with Crippen molar-refractivity contribution in [3.63, 3.8) is 0 Å². The fourth-order valence-electron chi connectivity index (χ4n) is 11.2. The monoisotopic (exact) mass is 923 g/mol. The number of halogens is 2. The number of benzene rings is 3. The molecule has 3 aromatic heterocycles. The molecule has 4 N–H and O–H groups in total. The van der Waals surface area contributed by atoms with Crippen LogP contribution >= 0.6 is 0 Å². The fraction of sp³-hybridized carbons (Fsp3) is 0.420. The maximum absolute atomic E-state index is 17.1. The van der Waals surface area contributed by atoms with Gasteiger partial charge in [-0.15, -0.1) is 6.42 Å². The molecule has 5 atom stereocenters. The van der Waals surface area contributed by atoms with Crippen LogP contribution in [0.3, 0.4) is 0 Å². The van der Waals surface area contributed by atoms with Crippen LogP contribution in [0.2, 0.25) is 0 Å². The zero-order chi connectivity index (χ0) is 47.0. The molecule has 5 saturated heterocycles. The number of nitrogens with one attached hydrogen (secondary N) is 3. The lowest BCUT2D eigenvalue weighted by atomic mass is 9.88. The van der Waals surface area contributed by atoms with E-state index in [0.29, 0.717) is 74.3 Å². The number of pyridine rings is 1. The van der Waals surface area contributed by atoms with Crippen molar-refractivity contribution in [2.45, 2.75) is 80.9 Å². The number of hydrogen-bond donors (Lipinski definition) is 4. The SMILES string of the molecule is C#Cc1c(F)ccc2cc(O)cc(-c3ncc4c(N5CC6CCC(C5)N6)nc(OC[C@@H]5C[C@@H](NC(=O)N6CCC(c7ccc8c(C9CCC(=O)NC9=O)nn(C)c8c7)CC6)CN5C)nc4c3F)c12. The maximum atomic E-state index is 17.1. The van der Waals surface area contributed by atoms with Crippen LogP contribution in [-0.4, -0.2) is 128 Å². The molecule has 16 nitrogen and oxygen atoms in total. The predicted molar refractivity (Wildman–Crippen MR) is 250 cm³/mol. The second-order valence-electron chi connectivity index (χ2n) is 19.1. The van der Waals surface area contributed by atoms with Gasteiger partial charge >= 0.3 is 12.0 Å². The minimum atomic E-state index is -0.784. The van der Waals surface area contributed by atoms with E-state index in [4.69, 9.17) is 21.2 Å². The smallest absolute Gasteiger partial charge is 0.319 e. The Kier molecular flexibility index (Phi) is 11.1. The Bertz CT molecular complexity index is 3080. The average Bonchev–Trinajstić information content (AvgIpc) is 3.98. The van der Waals surface area contributed by atoms with Crippen molar-refractivity contribution >= 4 is 56.2 Å². The summed E-state index contributed by atoms with van der Waals surface area (Å²) in [6, 6.07) is 11.9. The van der Waals surface area contributed by atoms with Gasteiger partial charge in [0.05, 0.1) is 28.1 Å². The summed E-state index contributed by atoms with van der Waals surface area (Å²) >= 11 is 0. The van der Waals surface area contributed by atoms with Crippen LogP contribution in [-0.2, 0) is 16.6 Å². The van der Waals surface area contributed by atoms with E-state index in [0.717, 1.165) is 36.6 Å². The van der Waals surface area contributed by atoms with Gasteiger partial charge < -0.3 is 30.3 Å². The van der Waals surface area contributed by atoms with Gasteiger partial charge in [-0.25, -0.2) is 13.6 Å². The van der Waals surface area contributed by atoms with E-state index < -0.39 is 17.6 Å².